The molecule has 4 bridgehead atoms. The Morgan fingerprint density at radius 1 is 0.548 bits per heavy atom. The van der Waals surface area contributed by atoms with Crippen LogP contribution in [-0.4, -0.2) is 5.54 Å². The van der Waals surface area contributed by atoms with E-state index in [0.717, 1.165) is 17.8 Å². The van der Waals surface area contributed by atoms with Crippen molar-refractivity contribution in [1.82, 2.24) is 5.09 Å². The summed E-state index contributed by atoms with van der Waals surface area (Å²) >= 11 is 0. The fourth-order valence-electron chi connectivity index (χ4n) is 7.20. The molecule has 7 rings (SSSR count). The quantitative estimate of drug-likeness (QED) is 0.540. The Labute approximate surface area is 197 Å². The van der Waals surface area contributed by atoms with Crippen molar-refractivity contribution in [2.75, 3.05) is 0 Å². The lowest BCUT2D eigenvalue weighted by Crippen LogP contribution is -3.00. The van der Waals surface area contributed by atoms with Gasteiger partial charge in [0.15, 0.2) is 7.41 Å². The smallest absolute Gasteiger partial charge is 0.178 e. The fraction of sp³-hybridized carbons (Fsp3) is 0.357. The van der Waals surface area contributed by atoms with Gasteiger partial charge in [-0.15, -0.1) is 0 Å². The molecule has 31 heavy (non-hydrogen) atoms. The third-order valence-corrected chi connectivity index (χ3v) is 11.9. The average molecular weight is 492 g/mol. The molecule has 3 aromatic carbocycles. The monoisotopic (exact) mass is 491 g/mol. The summed E-state index contributed by atoms with van der Waals surface area (Å²) in [6, 6.07) is 33.9. The van der Waals surface area contributed by atoms with E-state index < -0.39 is 7.41 Å². The van der Waals surface area contributed by atoms with Crippen LogP contribution in [0.3, 0.4) is 0 Å². The summed E-state index contributed by atoms with van der Waals surface area (Å²) in [5.74, 6) is 2.81. The third kappa shape index (κ3) is 3.71. The zero-order chi connectivity index (χ0) is 20.0. The van der Waals surface area contributed by atoms with Crippen LogP contribution in [0.15, 0.2) is 91.0 Å². The maximum atomic E-state index is 4.54. The summed E-state index contributed by atoms with van der Waals surface area (Å²) in [6.45, 7) is 0. The second kappa shape index (κ2) is 8.47. The van der Waals surface area contributed by atoms with Crippen LogP contribution in [0.5, 0.6) is 0 Å². The molecule has 0 radical (unpaired) electrons. The molecular weight excluding hydrogens is 461 g/mol. The summed E-state index contributed by atoms with van der Waals surface area (Å²) in [4.78, 5) is 0. The topological polar surface area (TPSA) is 12.0 Å². The average Bonchev–Trinajstić information content (AvgIpc) is 2.78. The van der Waals surface area contributed by atoms with Crippen molar-refractivity contribution in [2.45, 2.75) is 44.1 Å². The van der Waals surface area contributed by atoms with Crippen molar-refractivity contribution in [3.05, 3.63) is 91.0 Å². The molecule has 4 aliphatic rings. The van der Waals surface area contributed by atoms with Gasteiger partial charge >= 0.3 is 0 Å². The molecule has 0 spiro atoms. The van der Waals surface area contributed by atoms with Crippen LogP contribution < -0.4 is 38.0 Å². The van der Waals surface area contributed by atoms with Crippen molar-refractivity contribution in [2.24, 2.45) is 17.8 Å². The highest BCUT2D eigenvalue weighted by Gasteiger charge is 2.58. The molecule has 160 valence electrons. The summed E-state index contributed by atoms with van der Waals surface area (Å²) in [5.41, 5.74) is 0.296. The number of hydrogen-bond donors (Lipinski definition) is 1. The van der Waals surface area contributed by atoms with Gasteiger partial charge in [0.1, 0.15) is 15.9 Å². The summed E-state index contributed by atoms with van der Waals surface area (Å²) < 4.78 is 0. The summed E-state index contributed by atoms with van der Waals surface area (Å²) in [5, 5.41) is 8.90. The maximum Gasteiger partial charge on any atom is 0.178 e. The second-order valence-electron chi connectivity index (χ2n) is 9.99. The fourth-order valence-corrected chi connectivity index (χ4v) is 11.3. The molecule has 3 heteroatoms. The molecule has 0 saturated heterocycles. The van der Waals surface area contributed by atoms with Gasteiger partial charge in [-0.3, -0.25) is 0 Å². The molecule has 0 amide bonds. The second-order valence-corrected chi connectivity index (χ2v) is 13.1. The largest absolute Gasteiger partial charge is 1.00 e. The van der Waals surface area contributed by atoms with E-state index in [1.165, 1.54) is 54.4 Å². The molecule has 4 aliphatic carbocycles. The van der Waals surface area contributed by atoms with E-state index in [1.807, 2.05) is 0 Å². The van der Waals surface area contributed by atoms with E-state index in [-0.39, 0.29) is 17.0 Å². The van der Waals surface area contributed by atoms with E-state index in [4.69, 9.17) is 0 Å². The number of halogens is 1. The predicted molar refractivity (Wildman–Crippen MR) is 129 cm³/mol. The third-order valence-electron chi connectivity index (χ3n) is 7.87. The minimum Gasteiger partial charge on any atom is -1.00 e. The van der Waals surface area contributed by atoms with Gasteiger partial charge in [0.2, 0.25) is 0 Å². The minimum atomic E-state index is -1.95. The van der Waals surface area contributed by atoms with Gasteiger partial charge in [0, 0.05) is 0 Å². The van der Waals surface area contributed by atoms with E-state index in [1.54, 1.807) is 0 Å². The van der Waals surface area contributed by atoms with Gasteiger partial charge in [0.25, 0.3) is 0 Å². The van der Waals surface area contributed by atoms with Gasteiger partial charge in [-0.05, 0) is 92.7 Å². The van der Waals surface area contributed by atoms with Crippen LogP contribution in [-0.2, 0) is 0 Å². The highest BCUT2D eigenvalue weighted by atomic mass is 79.9. The van der Waals surface area contributed by atoms with E-state index in [9.17, 15) is 0 Å². The van der Waals surface area contributed by atoms with Crippen molar-refractivity contribution < 1.29 is 17.0 Å². The Bertz CT molecular complexity index is 873. The Hall–Kier alpha value is -1.47. The van der Waals surface area contributed by atoms with Crippen molar-refractivity contribution >= 4 is 23.3 Å². The summed E-state index contributed by atoms with van der Waals surface area (Å²) in [6.07, 6.45) is 8.55. The molecule has 0 atom stereocenters. The first kappa shape index (κ1) is 21.4. The lowest BCUT2D eigenvalue weighted by molar-refractivity contribution is -0.00770. The number of nitrogens with one attached hydrogen (secondary N) is 1. The zero-order valence-electron chi connectivity index (χ0n) is 18.0. The first-order valence-electron chi connectivity index (χ1n) is 11.6. The Balaban J connectivity index is 0.00000204. The Morgan fingerprint density at radius 3 is 1.19 bits per heavy atom. The molecule has 0 aliphatic heterocycles. The van der Waals surface area contributed by atoms with Gasteiger partial charge < -0.3 is 17.0 Å². The molecular formula is C28H31BrNP. The first-order chi connectivity index (χ1) is 14.8. The number of benzene rings is 3. The van der Waals surface area contributed by atoms with Crippen LogP contribution in [0, 0.1) is 17.8 Å². The van der Waals surface area contributed by atoms with Gasteiger partial charge in [-0.25, -0.2) is 0 Å². The van der Waals surface area contributed by atoms with Gasteiger partial charge in [0.05, 0.1) is 5.54 Å². The highest BCUT2D eigenvalue weighted by molar-refractivity contribution is 7.94. The van der Waals surface area contributed by atoms with Gasteiger partial charge in [-0.2, -0.15) is 5.09 Å². The highest BCUT2D eigenvalue weighted by Crippen LogP contribution is 2.61. The molecule has 1 nitrogen and oxygen atoms in total. The lowest BCUT2D eigenvalue weighted by atomic mass is 9.53. The van der Waals surface area contributed by atoms with Crippen LogP contribution in [0.2, 0.25) is 0 Å². The van der Waals surface area contributed by atoms with Gasteiger partial charge in [-0.1, -0.05) is 54.6 Å². The number of rotatable bonds is 5. The lowest BCUT2D eigenvalue weighted by Gasteiger charge is -2.57. The van der Waals surface area contributed by atoms with E-state index in [0.29, 0.717) is 5.54 Å². The Kier molecular flexibility index (Phi) is 5.84. The van der Waals surface area contributed by atoms with Crippen molar-refractivity contribution in [3.8, 4) is 0 Å². The zero-order valence-corrected chi connectivity index (χ0v) is 20.4. The van der Waals surface area contributed by atoms with Crippen LogP contribution >= 0.6 is 7.41 Å². The van der Waals surface area contributed by atoms with Crippen LogP contribution in [0.25, 0.3) is 0 Å². The maximum absolute atomic E-state index is 4.54. The predicted octanol–water partition coefficient (Wildman–Crippen LogP) is 2.46. The normalized spacial score (nSPS) is 28.8. The molecule has 0 unspecified atom stereocenters. The molecule has 0 aromatic heterocycles. The molecule has 4 fully saturated rings. The Morgan fingerprint density at radius 2 is 0.871 bits per heavy atom. The van der Waals surface area contributed by atoms with E-state index in [2.05, 4.69) is 96.1 Å². The SMILES string of the molecule is [Br-].c1ccc([P+](NC23CC4CC(CC(C4)C2)C3)(c2ccccc2)c2ccccc2)cc1. The molecule has 3 aromatic rings. The van der Waals surface area contributed by atoms with Crippen LogP contribution in [0.4, 0.5) is 0 Å². The molecule has 1 N–H and O–H groups in total. The molecule has 4 saturated carbocycles. The minimum absolute atomic E-state index is 0. The summed E-state index contributed by atoms with van der Waals surface area (Å²) in [7, 11) is -1.95. The van der Waals surface area contributed by atoms with Crippen molar-refractivity contribution in [1.29, 1.82) is 0 Å². The van der Waals surface area contributed by atoms with Crippen molar-refractivity contribution in [3.63, 3.8) is 0 Å². The van der Waals surface area contributed by atoms with E-state index >= 15 is 0 Å². The van der Waals surface area contributed by atoms with Crippen LogP contribution in [0.1, 0.15) is 38.5 Å². The standard InChI is InChI=1S/C28H31NP.BrH/c1-4-10-25(11-5-1)30(26-12-6-2-7-13-26,27-14-8-3-9-15-27)29-28-19-22-16-23(20-28)18-24(17-22)21-28;/h1-15,22-24,29H,16-21H2;1H/q+1;/p-1. The first-order valence-corrected chi connectivity index (χ1v) is 13.4. The number of hydrogen-bond acceptors (Lipinski definition) is 1. The molecule has 0 heterocycles.